The molecule has 0 radical (unpaired) electrons. The lowest BCUT2D eigenvalue weighted by Crippen LogP contribution is -2.29. The van der Waals surface area contributed by atoms with Crippen LogP contribution >= 0.6 is 0 Å². The molecule has 0 bridgehead atoms. The summed E-state index contributed by atoms with van der Waals surface area (Å²) in [7, 11) is 0.476. The molecule has 20 heavy (non-hydrogen) atoms. The Bertz CT molecular complexity index is 611. The number of nitrogens with zero attached hydrogens (tertiary/aromatic N) is 1. The molecule has 0 heterocycles. The molecule has 1 aromatic rings. The highest BCUT2D eigenvalue weighted by Crippen LogP contribution is 2.35. The zero-order chi connectivity index (χ0) is 15.5. The largest absolute Gasteiger partial charge is 0.493 e. The molecule has 0 saturated heterocycles. The van der Waals surface area contributed by atoms with Crippen molar-refractivity contribution in [1.29, 1.82) is 0 Å². The highest BCUT2D eigenvalue weighted by molar-refractivity contribution is 7.92. The van der Waals surface area contributed by atoms with Crippen LogP contribution in [0.15, 0.2) is 12.1 Å². The molecule has 8 heteroatoms. The van der Waals surface area contributed by atoms with Crippen molar-refractivity contribution in [3.8, 4) is 11.5 Å². The molecule has 1 aromatic carbocycles. The normalized spacial score (nSPS) is 11.0. The minimum Gasteiger partial charge on any atom is -0.493 e. The maximum atomic E-state index is 11.9. The Morgan fingerprint density at radius 2 is 1.75 bits per heavy atom. The van der Waals surface area contributed by atoms with Gasteiger partial charge in [0.15, 0.2) is 11.5 Å². The van der Waals surface area contributed by atoms with Gasteiger partial charge in [-0.3, -0.25) is 4.31 Å². The smallest absolute Gasteiger partial charge is 0.337 e. The Hall–Kier alpha value is -1.96. The van der Waals surface area contributed by atoms with E-state index in [0.717, 1.165) is 4.31 Å². The van der Waals surface area contributed by atoms with E-state index >= 15 is 0 Å². The average Bonchev–Trinajstić information content (AvgIpc) is 2.44. The van der Waals surface area contributed by atoms with Crippen LogP contribution in [0.3, 0.4) is 0 Å². The number of ether oxygens (including phenoxy) is 2. The SMILES string of the molecule is CCS(=O)(=O)N(C)c1cc(OC)c(OC)cc1C(=O)O. The van der Waals surface area contributed by atoms with Gasteiger partial charge in [0, 0.05) is 19.2 Å². The number of hydrogen-bond acceptors (Lipinski definition) is 5. The van der Waals surface area contributed by atoms with Gasteiger partial charge >= 0.3 is 5.97 Å². The zero-order valence-electron chi connectivity index (χ0n) is 11.7. The molecule has 7 nitrogen and oxygen atoms in total. The molecule has 1 rings (SSSR count). The molecule has 0 saturated carbocycles. The van der Waals surface area contributed by atoms with Crippen LogP contribution in [0.2, 0.25) is 0 Å². The van der Waals surface area contributed by atoms with Crippen molar-refractivity contribution in [1.82, 2.24) is 0 Å². The van der Waals surface area contributed by atoms with Crippen LogP contribution in [0, 0.1) is 0 Å². The number of aromatic carboxylic acids is 1. The monoisotopic (exact) mass is 303 g/mol. The summed E-state index contributed by atoms with van der Waals surface area (Å²) in [5.41, 5.74) is -0.154. The quantitative estimate of drug-likeness (QED) is 0.848. The van der Waals surface area contributed by atoms with Crippen LogP contribution in [0.4, 0.5) is 5.69 Å². The van der Waals surface area contributed by atoms with Crippen molar-refractivity contribution in [2.24, 2.45) is 0 Å². The first kappa shape index (κ1) is 16.1. The fourth-order valence-electron chi connectivity index (χ4n) is 1.64. The van der Waals surface area contributed by atoms with E-state index in [0.29, 0.717) is 0 Å². The number of hydrogen-bond donors (Lipinski definition) is 1. The second kappa shape index (κ2) is 6.00. The van der Waals surface area contributed by atoms with E-state index in [2.05, 4.69) is 0 Å². The molecule has 0 amide bonds. The van der Waals surface area contributed by atoms with Crippen LogP contribution in [-0.4, -0.2) is 46.5 Å². The minimum absolute atomic E-state index is 0.0250. The first-order valence-electron chi connectivity index (χ1n) is 5.74. The molecule has 0 aliphatic heterocycles. The molecule has 0 aliphatic carbocycles. The van der Waals surface area contributed by atoms with Crippen LogP contribution in [0.5, 0.6) is 11.5 Å². The first-order valence-corrected chi connectivity index (χ1v) is 7.35. The summed E-state index contributed by atoms with van der Waals surface area (Å²) in [6, 6.07) is 2.56. The van der Waals surface area contributed by atoms with Crippen molar-refractivity contribution in [2.75, 3.05) is 31.3 Å². The van der Waals surface area contributed by atoms with Crippen molar-refractivity contribution < 1.29 is 27.8 Å². The second-order valence-electron chi connectivity index (χ2n) is 3.90. The maximum Gasteiger partial charge on any atom is 0.337 e. The molecular formula is C12H17NO6S. The van der Waals surface area contributed by atoms with Crippen LogP contribution < -0.4 is 13.8 Å². The van der Waals surface area contributed by atoms with Crippen molar-refractivity contribution in [3.05, 3.63) is 17.7 Å². The number of carbonyl (C=O) groups is 1. The Balaban J connectivity index is 3.55. The number of carboxylic acid groups (broad SMARTS) is 1. The van der Waals surface area contributed by atoms with Crippen molar-refractivity contribution >= 4 is 21.7 Å². The summed E-state index contributed by atoms with van der Waals surface area (Å²) < 4.78 is 34.8. The third kappa shape index (κ3) is 2.96. The van der Waals surface area contributed by atoms with Gasteiger partial charge < -0.3 is 14.6 Å². The van der Waals surface area contributed by atoms with Gasteiger partial charge in [-0.05, 0) is 6.92 Å². The van der Waals surface area contributed by atoms with Gasteiger partial charge in [-0.1, -0.05) is 0 Å². The highest BCUT2D eigenvalue weighted by Gasteiger charge is 2.24. The van der Waals surface area contributed by atoms with E-state index in [1.807, 2.05) is 0 Å². The topological polar surface area (TPSA) is 93.1 Å². The number of sulfonamides is 1. The molecule has 0 aliphatic rings. The molecule has 1 N–H and O–H groups in total. The maximum absolute atomic E-state index is 11.9. The predicted molar refractivity (Wildman–Crippen MR) is 74.4 cm³/mol. The molecular weight excluding hydrogens is 286 g/mol. The fourth-order valence-corrected chi connectivity index (χ4v) is 2.48. The van der Waals surface area contributed by atoms with E-state index < -0.39 is 16.0 Å². The van der Waals surface area contributed by atoms with Gasteiger partial charge in [0.05, 0.1) is 31.2 Å². The number of rotatable bonds is 6. The van der Waals surface area contributed by atoms with Gasteiger partial charge in [0.25, 0.3) is 0 Å². The van der Waals surface area contributed by atoms with E-state index in [1.165, 1.54) is 40.3 Å². The van der Waals surface area contributed by atoms with E-state index in [1.54, 1.807) is 0 Å². The Kier molecular flexibility index (Phi) is 4.83. The molecule has 0 atom stereocenters. The van der Waals surface area contributed by atoms with Gasteiger partial charge in [-0.25, -0.2) is 13.2 Å². The molecule has 0 spiro atoms. The fraction of sp³-hybridized carbons (Fsp3) is 0.417. The van der Waals surface area contributed by atoms with Crippen LogP contribution in [-0.2, 0) is 10.0 Å². The lowest BCUT2D eigenvalue weighted by molar-refractivity contribution is 0.0697. The molecule has 0 unspecified atom stereocenters. The lowest BCUT2D eigenvalue weighted by atomic mass is 10.1. The lowest BCUT2D eigenvalue weighted by Gasteiger charge is -2.22. The average molecular weight is 303 g/mol. The minimum atomic E-state index is -3.58. The summed E-state index contributed by atoms with van der Waals surface area (Å²) in [5.74, 6) is -0.919. The number of carboxylic acids is 1. The van der Waals surface area contributed by atoms with Gasteiger partial charge in [0.2, 0.25) is 10.0 Å². The third-order valence-electron chi connectivity index (χ3n) is 2.85. The summed E-state index contributed by atoms with van der Waals surface area (Å²) in [6.45, 7) is 1.48. The van der Waals surface area contributed by atoms with Crippen LogP contribution in [0.25, 0.3) is 0 Å². The Labute approximate surface area is 117 Å². The molecule has 0 fully saturated rings. The predicted octanol–water partition coefficient (Wildman–Crippen LogP) is 1.19. The summed E-state index contributed by atoms with van der Waals surface area (Å²) in [5, 5.41) is 9.22. The first-order chi connectivity index (χ1) is 9.28. The van der Waals surface area contributed by atoms with Gasteiger partial charge in [0.1, 0.15) is 0 Å². The summed E-state index contributed by atoms with van der Waals surface area (Å²) in [4.78, 5) is 11.3. The van der Waals surface area contributed by atoms with Gasteiger partial charge in [-0.15, -0.1) is 0 Å². The van der Waals surface area contributed by atoms with Crippen molar-refractivity contribution in [2.45, 2.75) is 6.92 Å². The van der Waals surface area contributed by atoms with E-state index in [9.17, 15) is 18.3 Å². The molecule has 112 valence electrons. The summed E-state index contributed by atoms with van der Waals surface area (Å²) in [6.07, 6.45) is 0. The van der Waals surface area contributed by atoms with Crippen molar-refractivity contribution in [3.63, 3.8) is 0 Å². The van der Waals surface area contributed by atoms with Gasteiger partial charge in [-0.2, -0.15) is 0 Å². The zero-order valence-corrected chi connectivity index (χ0v) is 12.5. The number of anilines is 1. The summed E-state index contributed by atoms with van der Waals surface area (Å²) >= 11 is 0. The highest BCUT2D eigenvalue weighted by atomic mass is 32.2. The standard InChI is InChI=1S/C12H17NO6S/c1-5-20(16,17)13(2)9-7-11(19-4)10(18-3)6-8(9)12(14)15/h6-7H,5H2,1-4H3,(H,14,15). The van der Waals surface area contributed by atoms with E-state index in [-0.39, 0.29) is 28.5 Å². The Morgan fingerprint density at radius 1 is 1.25 bits per heavy atom. The third-order valence-corrected chi connectivity index (χ3v) is 4.61. The second-order valence-corrected chi connectivity index (χ2v) is 6.19. The Morgan fingerprint density at radius 3 is 2.15 bits per heavy atom. The number of methoxy groups -OCH3 is 2. The number of benzene rings is 1. The molecule has 0 aromatic heterocycles. The van der Waals surface area contributed by atoms with Crippen LogP contribution in [0.1, 0.15) is 17.3 Å². The van der Waals surface area contributed by atoms with E-state index in [4.69, 9.17) is 9.47 Å².